The van der Waals surface area contributed by atoms with E-state index >= 15 is 0 Å². The largest absolute Gasteiger partial charge is 0.440 e. The monoisotopic (exact) mass is 255 g/mol. The molecule has 1 heterocycles. The highest BCUT2D eigenvalue weighted by Crippen LogP contribution is 2.19. The molecule has 1 aromatic heterocycles. The summed E-state index contributed by atoms with van der Waals surface area (Å²) >= 11 is 5.43. The Morgan fingerprint density at radius 1 is 1.50 bits per heavy atom. The molecule has 0 aromatic carbocycles. The molecule has 0 radical (unpaired) electrons. The summed E-state index contributed by atoms with van der Waals surface area (Å²) in [5.41, 5.74) is 0. The average molecular weight is 256 g/mol. The summed E-state index contributed by atoms with van der Waals surface area (Å²) in [4.78, 5) is 12.2. The van der Waals surface area contributed by atoms with Gasteiger partial charge in [0.2, 0.25) is 0 Å². The SMILES string of the molecule is CCN(CC(F)(F)F)C(=O)c1ccc(Cl)o1. The van der Waals surface area contributed by atoms with Gasteiger partial charge >= 0.3 is 6.18 Å². The first kappa shape index (κ1) is 12.9. The van der Waals surface area contributed by atoms with Crippen LogP contribution in [0, 0.1) is 0 Å². The van der Waals surface area contributed by atoms with Crippen LogP contribution in [0.3, 0.4) is 0 Å². The topological polar surface area (TPSA) is 33.5 Å². The molecule has 0 aliphatic carbocycles. The molecule has 0 fully saturated rings. The van der Waals surface area contributed by atoms with E-state index in [2.05, 4.69) is 0 Å². The van der Waals surface area contributed by atoms with Gasteiger partial charge in [0.15, 0.2) is 11.0 Å². The van der Waals surface area contributed by atoms with Gasteiger partial charge in [-0.05, 0) is 30.7 Å². The molecule has 0 aliphatic heterocycles. The van der Waals surface area contributed by atoms with E-state index < -0.39 is 18.6 Å². The van der Waals surface area contributed by atoms with Crippen LogP contribution in [0.2, 0.25) is 5.22 Å². The molecule has 1 rings (SSSR count). The number of alkyl halides is 3. The van der Waals surface area contributed by atoms with Crippen LogP contribution in [0.5, 0.6) is 0 Å². The van der Waals surface area contributed by atoms with Crippen molar-refractivity contribution < 1.29 is 22.4 Å². The van der Waals surface area contributed by atoms with E-state index in [1.807, 2.05) is 0 Å². The lowest BCUT2D eigenvalue weighted by molar-refractivity contribution is -0.140. The Kier molecular flexibility index (Phi) is 3.85. The molecular formula is C9H9ClF3NO2. The van der Waals surface area contributed by atoms with Gasteiger partial charge in [0.1, 0.15) is 6.54 Å². The number of amides is 1. The molecule has 0 unspecified atom stereocenters. The molecule has 0 saturated heterocycles. The lowest BCUT2D eigenvalue weighted by Gasteiger charge is -2.20. The average Bonchev–Trinajstić information content (AvgIpc) is 2.58. The van der Waals surface area contributed by atoms with Gasteiger partial charge in [-0.1, -0.05) is 0 Å². The Bertz CT molecular complexity index is 375. The van der Waals surface area contributed by atoms with E-state index in [0.717, 1.165) is 0 Å². The minimum absolute atomic E-state index is 0.0357. The number of carbonyl (C=O) groups excluding carboxylic acids is 1. The molecule has 7 heteroatoms. The van der Waals surface area contributed by atoms with Crippen molar-refractivity contribution in [3.63, 3.8) is 0 Å². The molecule has 3 nitrogen and oxygen atoms in total. The van der Waals surface area contributed by atoms with Gasteiger partial charge in [0.05, 0.1) is 0 Å². The second-order valence-electron chi connectivity index (χ2n) is 3.04. The third-order valence-electron chi connectivity index (χ3n) is 1.82. The molecule has 16 heavy (non-hydrogen) atoms. The zero-order valence-electron chi connectivity index (χ0n) is 8.34. The van der Waals surface area contributed by atoms with E-state index in [9.17, 15) is 18.0 Å². The van der Waals surface area contributed by atoms with Crippen molar-refractivity contribution >= 4 is 17.5 Å². The van der Waals surface area contributed by atoms with Crippen LogP contribution in [0.4, 0.5) is 13.2 Å². The van der Waals surface area contributed by atoms with Crippen LogP contribution < -0.4 is 0 Å². The first-order valence-corrected chi connectivity index (χ1v) is 4.82. The Hall–Kier alpha value is -1.17. The van der Waals surface area contributed by atoms with E-state index in [4.69, 9.17) is 16.0 Å². The summed E-state index contributed by atoms with van der Waals surface area (Å²) in [5, 5.41) is -0.0357. The lowest BCUT2D eigenvalue weighted by Crippen LogP contribution is -2.38. The van der Waals surface area contributed by atoms with E-state index in [0.29, 0.717) is 4.90 Å². The number of hydrogen-bond acceptors (Lipinski definition) is 2. The van der Waals surface area contributed by atoms with Crippen LogP contribution in [0.15, 0.2) is 16.5 Å². The maximum Gasteiger partial charge on any atom is 0.406 e. The van der Waals surface area contributed by atoms with E-state index in [1.54, 1.807) is 0 Å². The quantitative estimate of drug-likeness (QED) is 0.832. The Labute approximate surface area is 94.8 Å². The summed E-state index contributed by atoms with van der Waals surface area (Å²) in [6.07, 6.45) is -4.43. The van der Waals surface area contributed by atoms with Gasteiger partial charge in [0, 0.05) is 6.54 Å². The van der Waals surface area contributed by atoms with Crippen LogP contribution in [-0.2, 0) is 0 Å². The fourth-order valence-electron chi connectivity index (χ4n) is 1.13. The Balaban J connectivity index is 2.78. The third kappa shape index (κ3) is 3.44. The van der Waals surface area contributed by atoms with Gasteiger partial charge in [-0.25, -0.2) is 0 Å². The van der Waals surface area contributed by atoms with E-state index in [1.165, 1.54) is 19.1 Å². The van der Waals surface area contributed by atoms with Crippen molar-refractivity contribution in [2.24, 2.45) is 0 Å². The van der Waals surface area contributed by atoms with Gasteiger partial charge < -0.3 is 9.32 Å². The highest BCUT2D eigenvalue weighted by molar-refractivity contribution is 6.29. The molecular weight excluding hydrogens is 247 g/mol. The summed E-state index contributed by atoms with van der Waals surface area (Å²) in [6, 6.07) is 2.54. The summed E-state index contributed by atoms with van der Waals surface area (Å²) in [5.74, 6) is -1.03. The van der Waals surface area contributed by atoms with E-state index in [-0.39, 0.29) is 17.5 Å². The fraction of sp³-hybridized carbons (Fsp3) is 0.444. The van der Waals surface area contributed by atoms with Gasteiger partial charge in [-0.2, -0.15) is 13.2 Å². The minimum atomic E-state index is -4.43. The Morgan fingerprint density at radius 3 is 2.50 bits per heavy atom. The number of carbonyl (C=O) groups is 1. The first-order valence-electron chi connectivity index (χ1n) is 4.45. The molecule has 1 amide bonds. The fourth-order valence-corrected chi connectivity index (χ4v) is 1.27. The molecule has 0 saturated carbocycles. The van der Waals surface area contributed by atoms with Crippen LogP contribution in [0.25, 0.3) is 0 Å². The molecule has 0 bridgehead atoms. The van der Waals surface area contributed by atoms with Gasteiger partial charge in [0.25, 0.3) is 5.91 Å². The van der Waals surface area contributed by atoms with Gasteiger partial charge in [-0.3, -0.25) is 4.79 Å². The predicted octanol–water partition coefficient (Wildman–Crippen LogP) is 2.96. The van der Waals surface area contributed by atoms with Crippen LogP contribution >= 0.6 is 11.6 Å². The Morgan fingerprint density at radius 2 is 2.12 bits per heavy atom. The highest BCUT2D eigenvalue weighted by Gasteiger charge is 2.33. The minimum Gasteiger partial charge on any atom is -0.440 e. The van der Waals surface area contributed by atoms with Crippen molar-refractivity contribution in [2.45, 2.75) is 13.1 Å². The van der Waals surface area contributed by atoms with Crippen LogP contribution in [0.1, 0.15) is 17.5 Å². The third-order valence-corrected chi connectivity index (χ3v) is 2.03. The van der Waals surface area contributed by atoms with Crippen molar-refractivity contribution in [1.82, 2.24) is 4.90 Å². The molecule has 0 atom stereocenters. The molecule has 1 aromatic rings. The first-order chi connectivity index (χ1) is 7.33. The predicted molar refractivity (Wildman–Crippen MR) is 51.4 cm³/mol. The molecule has 0 spiro atoms. The normalized spacial score (nSPS) is 11.6. The number of rotatable bonds is 3. The highest BCUT2D eigenvalue weighted by atomic mass is 35.5. The summed E-state index contributed by atoms with van der Waals surface area (Å²) < 4.78 is 41.1. The molecule has 90 valence electrons. The number of nitrogens with zero attached hydrogens (tertiary/aromatic N) is 1. The van der Waals surface area contributed by atoms with Gasteiger partial charge in [-0.15, -0.1) is 0 Å². The zero-order valence-corrected chi connectivity index (χ0v) is 9.10. The van der Waals surface area contributed by atoms with Crippen LogP contribution in [-0.4, -0.2) is 30.1 Å². The lowest BCUT2D eigenvalue weighted by atomic mass is 10.3. The molecule has 0 aliphatic rings. The second-order valence-corrected chi connectivity index (χ2v) is 3.41. The standard InChI is InChI=1S/C9H9ClF3NO2/c1-2-14(5-9(11,12)13)8(15)6-3-4-7(10)16-6/h3-4H,2,5H2,1H3. The number of furan rings is 1. The van der Waals surface area contributed by atoms with Crippen molar-refractivity contribution in [3.8, 4) is 0 Å². The molecule has 0 N–H and O–H groups in total. The summed E-state index contributed by atoms with van der Waals surface area (Å²) in [7, 11) is 0. The van der Waals surface area contributed by atoms with Crippen molar-refractivity contribution in [3.05, 3.63) is 23.1 Å². The van der Waals surface area contributed by atoms with Crippen molar-refractivity contribution in [2.75, 3.05) is 13.1 Å². The maximum atomic E-state index is 12.1. The number of hydrogen-bond donors (Lipinski definition) is 0. The number of halogens is 4. The maximum absolute atomic E-state index is 12.1. The smallest absolute Gasteiger partial charge is 0.406 e. The van der Waals surface area contributed by atoms with Crippen molar-refractivity contribution in [1.29, 1.82) is 0 Å². The zero-order chi connectivity index (χ0) is 12.3. The summed E-state index contributed by atoms with van der Waals surface area (Å²) in [6.45, 7) is 0.0888. The second kappa shape index (κ2) is 4.78.